The van der Waals surface area contributed by atoms with Crippen LogP contribution in [-0.4, -0.2) is 42.7 Å². The topological polar surface area (TPSA) is 110 Å². The molecule has 1 fully saturated rings. The van der Waals surface area contributed by atoms with Gasteiger partial charge in [0.2, 0.25) is 21.8 Å². The summed E-state index contributed by atoms with van der Waals surface area (Å²) in [7, 11) is -2.65. The second-order valence-electron chi connectivity index (χ2n) is 9.13. The smallest absolute Gasteiger partial charge is 0.252 e. The molecule has 0 spiro atoms. The number of benzene rings is 3. The number of oxazole rings is 1. The molecule has 1 aliphatic rings. The molecule has 1 aliphatic heterocycles. The Balaban J connectivity index is 1.30. The minimum Gasteiger partial charge on any atom is -0.497 e. The number of ether oxygens (including phenoxy) is 1. The second kappa shape index (κ2) is 10.3. The molecular formula is C29H23N3O6S2. The summed E-state index contributed by atoms with van der Waals surface area (Å²) in [5, 5.41) is 1.83. The molecule has 1 unspecified atom stereocenters. The van der Waals surface area contributed by atoms with Crippen molar-refractivity contribution in [1.82, 2.24) is 9.29 Å². The minimum atomic E-state index is -4.14. The molecule has 0 N–H and O–H groups in total. The summed E-state index contributed by atoms with van der Waals surface area (Å²) in [6.07, 6.45) is -0.271. The van der Waals surface area contributed by atoms with E-state index in [9.17, 15) is 18.0 Å². The van der Waals surface area contributed by atoms with Gasteiger partial charge in [-0.3, -0.25) is 9.59 Å². The standard InChI is InChI=1S/C29H23N3O6S2/c1-37-21-12-14-23(15-13-21)40(35,36)31(18-22-5-4-16-39-22)25-17-27(33)32(29(25)34)20-10-8-19(9-11-20)28-30-24-6-2-3-7-26(24)38-28/h2-16,25H,17-18H2,1H3. The van der Waals surface area contributed by atoms with Crippen molar-refractivity contribution in [2.24, 2.45) is 0 Å². The number of hydrogen-bond donors (Lipinski definition) is 0. The fraction of sp³-hybridized carbons (Fsp3) is 0.138. The molecule has 0 aliphatic carbocycles. The molecule has 2 aromatic heterocycles. The molecule has 0 saturated carbocycles. The first-order valence-electron chi connectivity index (χ1n) is 12.4. The zero-order chi connectivity index (χ0) is 27.9. The maximum Gasteiger partial charge on any atom is 0.252 e. The monoisotopic (exact) mass is 573 g/mol. The van der Waals surface area contributed by atoms with Crippen LogP contribution in [0, 0.1) is 0 Å². The van der Waals surface area contributed by atoms with Crippen molar-refractivity contribution in [2.75, 3.05) is 12.0 Å². The maximum absolute atomic E-state index is 13.8. The number of rotatable bonds is 8. The van der Waals surface area contributed by atoms with Crippen LogP contribution in [0.15, 0.2) is 99.6 Å². The first-order chi connectivity index (χ1) is 19.3. The van der Waals surface area contributed by atoms with Crippen molar-refractivity contribution >= 4 is 50.0 Å². The summed E-state index contributed by atoms with van der Waals surface area (Å²) in [5.74, 6) is -0.167. The predicted molar refractivity (Wildman–Crippen MR) is 150 cm³/mol. The van der Waals surface area contributed by atoms with Crippen LogP contribution in [0.2, 0.25) is 0 Å². The third-order valence-electron chi connectivity index (χ3n) is 6.69. The zero-order valence-corrected chi connectivity index (χ0v) is 22.9. The molecule has 3 aromatic carbocycles. The quantitative estimate of drug-likeness (QED) is 0.238. The molecule has 202 valence electrons. The number of anilines is 1. The van der Waals surface area contributed by atoms with Gasteiger partial charge in [0.1, 0.15) is 17.3 Å². The maximum atomic E-state index is 13.8. The van der Waals surface area contributed by atoms with E-state index >= 15 is 0 Å². The van der Waals surface area contributed by atoms with Crippen molar-refractivity contribution in [3.63, 3.8) is 0 Å². The summed E-state index contributed by atoms with van der Waals surface area (Å²) in [5.41, 5.74) is 2.39. The number of hydrogen-bond acceptors (Lipinski definition) is 8. The summed E-state index contributed by atoms with van der Waals surface area (Å²) < 4.78 is 39.7. The second-order valence-corrected chi connectivity index (χ2v) is 12.0. The van der Waals surface area contributed by atoms with Crippen LogP contribution in [0.25, 0.3) is 22.6 Å². The molecule has 0 bridgehead atoms. The average molecular weight is 574 g/mol. The molecular weight excluding hydrogens is 550 g/mol. The first kappa shape index (κ1) is 25.9. The van der Waals surface area contributed by atoms with Gasteiger partial charge in [0.05, 0.1) is 24.1 Å². The van der Waals surface area contributed by atoms with Crippen molar-refractivity contribution < 1.29 is 27.2 Å². The van der Waals surface area contributed by atoms with E-state index in [2.05, 4.69) is 4.98 Å². The van der Waals surface area contributed by atoms with Gasteiger partial charge in [-0.25, -0.2) is 18.3 Å². The van der Waals surface area contributed by atoms with Crippen molar-refractivity contribution in [1.29, 1.82) is 0 Å². The number of imide groups is 1. The van der Waals surface area contributed by atoms with E-state index in [0.29, 0.717) is 28.5 Å². The Morgan fingerprint density at radius 2 is 1.75 bits per heavy atom. The number of sulfonamides is 1. The van der Waals surface area contributed by atoms with E-state index in [1.807, 2.05) is 35.7 Å². The number of aromatic nitrogens is 1. The lowest BCUT2D eigenvalue weighted by molar-refractivity contribution is -0.122. The van der Waals surface area contributed by atoms with Gasteiger partial charge in [0.15, 0.2) is 5.58 Å². The van der Waals surface area contributed by atoms with Crippen LogP contribution in [-0.2, 0) is 26.2 Å². The number of carbonyl (C=O) groups is 2. The Hall–Kier alpha value is -4.32. The van der Waals surface area contributed by atoms with E-state index in [-0.39, 0.29) is 17.9 Å². The van der Waals surface area contributed by atoms with Crippen LogP contribution in [0.4, 0.5) is 5.69 Å². The van der Waals surface area contributed by atoms with E-state index in [1.54, 1.807) is 42.5 Å². The van der Waals surface area contributed by atoms with Crippen LogP contribution in [0.1, 0.15) is 11.3 Å². The van der Waals surface area contributed by atoms with Crippen molar-refractivity contribution in [3.8, 4) is 17.2 Å². The van der Waals surface area contributed by atoms with Crippen LogP contribution < -0.4 is 9.64 Å². The van der Waals surface area contributed by atoms with Gasteiger partial charge in [0, 0.05) is 17.0 Å². The van der Waals surface area contributed by atoms with Gasteiger partial charge < -0.3 is 9.15 Å². The highest BCUT2D eigenvalue weighted by atomic mass is 32.2. The highest BCUT2D eigenvalue weighted by Gasteiger charge is 2.47. The lowest BCUT2D eigenvalue weighted by Crippen LogP contribution is -2.44. The largest absolute Gasteiger partial charge is 0.497 e. The van der Waals surface area contributed by atoms with Gasteiger partial charge >= 0.3 is 0 Å². The Kier molecular flexibility index (Phi) is 6.70. The SMILES string of the molecule is COc1ccc(S(=O)(=O)N(Cc2cccs2)C2CC(=O)N(c3ccc(-c4nc5ccccc5o4)cc3)C2=O)cc1. The summed E-state index contributed by atoms with van der Waals surface area (Å²) in [6, 6.07) is 22.4. The van der Waals surface area contributed by atoms with E-state index in [4.69, 9.17) is 9.15 Å². The number of nitrogens with zero attached hydrogens (tertiary/aromatic N) is 3. The van der Waals surface area contributed by atoms with Crippen LogP contribution in [0.3, 0.4) is 0 Å². The Labute approximate surface area is 234 Å². The van der Waals surface area contributed by atoms with Crippen molar-refractivity contribution in [2.45, 2.75) is 23.9 Å². The molecule has 0 radical (unpaired) electrons. The van der Waals surface area contributed by atoms with Gasteiger partial charge in [-0.1, -0.05) is 18.2 Å². The summed E-state index contributed by atoms with van der Waals surface area (Å²) in [4.78, 5) is 33.1. The predicted octanol–water partition coefficient (Wildman–Crippen LogP) is 5.09. The molecule has 3 heterocycles. The van der Waals surface area contributed by atoms with Crippen LogP contribution in [0.5, 0.6) is 5.75 Å². The highest BCUT2D eigenvalue weighted by Crippen LogP contribution is 2.33. The molecule has 40 heavy (non-hydrogen) atoms. The first-order valence-corrected chi connectivity index (χ1v) is 14.7. The van der Waals surface area contributed by atoms with Gasteiger partial charge in [-0.2, -0.15) is 4.31 Å². The van der Waals surface area contributed by atoms with Gasteiger partial charge in [-0.15, -0.1) is 11.3 Å². The Morgan fingerprint density at radius 1 is 1.00 bits per heavy atom. The molecule has 6 rings (SSSR count). The number of carbonyl (C=O) groups excluding carboxylic acids is 2. The molecule has 11 heteroatoms. The number of para-hydroxylation sites is 2. The minimum absolute atomic E-state index is 0.00578. The number of thiophene rings is 1. The molecule has 5 aromatic rings. The number of methoxy groups -OCH3 is 1. The Morgan fingerprint density at radius 3 is 2.42 bits per heavy atom. The third-order valence-corrected chi connectivity index (χ3v) is 9.42. The van der Waals surface area contributed by atoms with Crippen molar-refractivity contribution in [3.05, 3.63) is 95.2 Å². The number of fused-ring (bicyclic) bond motifs is 1. The summed E-state index contributed by atoms with van der Waals surface area (Å²) >= 11 is 1.38. The Bertz CT molecular complexity index is 1760. The fourth-order valence-corrected chi connectivity index (χ4v) is 7.01. The van der Waals surface area contributed by atoms with E-state index < -0.39 is 27.9 Å². The molecule has 1 saturated heterocycles. The average Bonchev–Trinajstić information content (AvgIpc) is 3.71. The van der Waals surface area contributed by atoms with Gasteiger partial charge in [0.25, 0.3) is 5.91 Å². The van der Waals surface area contributed by atoms with Gasteiger partial charge in [-0.05, 0) is 72.1 Å². The number of amides is 2. The molecule has 2 amide bonds. The summed E-state index contributed by atoms with van der Waals surface area (Å²) in [6.45, 7) is -0.0415. The fourth-order valence-electron chi connectivity index (χ4n) is 4.66. The lowest BCUT2D eigenvalue weighted by atomic mass is 10.2. The van der Waals surface area contributed by atoms with Crippen LogP contribution >= 0.6 is 11.3 Å². The normalized spacial score (nSPS) is 15.8. The van der Waals surface area contributed by atoms with E-state index in [0.717, 1.165) is 19.6 Å². The highest BCUT2D eigenvalue weighted by molar-refractivity contribution is 7.89. The lowest BCUT2D eigenvalue weighted by Gasteiger charge is -2.26. The molecule has 1 atom stereocenters. The van der Waals surface area contributed by atoms with E-state index in [1.165, 1.54) is 30.6 Å². The zero-order valence-electron chi connectivity index (χ0n) is 21.3. The third kappa shape index (κ3) is 4.68. The molecule has 9 nitrogen and oxygen atoms in total.